The fraction of sp³-hybridized carbons (Fsp3) is 0.650. The van der Waals surface area contributed by atoms with Crippen molar-refractivity contribution < 1.29 is 45.1 Å². The van der Waals surface area contributed by atoms with Crippen molar-refractivity contribution in [3.05, 3.63) is 23.8 Å². The van der Waals surface area contributed by atoms with Crippen molar-refractivity contribution in [3.8, 4) is 11.5 Å². The first-order valence-corrected chi connectivity index (χ1v) is 11.4. The zero-order valence-electron chi connectivity index (χ0n) is 17.6. The van der Waals surface area contributed by atoms with Gasteiger partial charge in [0.1, 0.15) is 18.0 Å². The number of rotatable bonds is 7. The predicted octanol–water partition coefficient (Wildman–Crippen LogP) is 4.76. The minimum absolute atomic E-state index is 0.139. The van der Waals surface area contributed by atoms with Gasteiger partial charge in [0, 0.05) is 5.41 Å². The molecule has 0 saturated heterocycles. The molecule has 176 valence electrons. The van der Waals surface area contributed by atoms with E-state index in [9.17, 15) is 26.4 Å². The van der Waals surface area contributed by atoms with E-state index in [2.05, 4.69) is 4.74 Å². The molecule has 0 heterocycles. The molecule has 0 atom stereocenters. The van der Waals surface area contributed by atoms with Crippen LogP contribution in [0.25, 0.3) is 0 Å². The summed E-state index contributed by atoms with van der Waals surface area (Å²) in [5, 5.41) is 0. The average Bonchev–Trinajstić information content (AvgIpc) is 2.60. The minimum atomic E-state index is -4.96. The van der Waals surface area contributed by atoms with E-state index in [0.717, 1.165) is 37.5 Å². The number of hydrogen-bond donors (Lipinski definition) is 1. The van der Waals surface area contributed by atoms with Gasteiger partial charge in [-0.15, -0.1) is 13.2 Å². The van der Waals surface area contributed by atoms with Crippen molar-refractivity contribution in [3.63, 3.8) is 0 Å². The number of hydrogen-bond acceptors (Lipinski definition) is 6. The topological polar surface area (TPSA) is 99.1 Å². The molecule has 1 N–H and O–H groups in total. The summed E-state index contributed by atoms with van der Waals surface area (Å²) in [5.74, 6) is -2.61. The Morgan fingerprint density at radius 1 is 1.10 bits per heavy atom. The van der Waals surface area contributed by atoms with Crippen molar-refractivity contribution in [2.75, 3.05) is 12.4 Å². The van der Waals surface area contributed by atoms with Gasteiger partial charge in [-0.2, -0.15) is 8.42 Å². The smallest absolute Gasteiger partial charge is 0.483 e. The number of ether oxygens (including phenoxy) is 3. The molecule has 0 aliphatic heterocycles. The number of alkyl halides is 3. The van der Waals surface area contributed by atoms with E-state index in [1.54, 1.807) is 0 Å². The van der Waals surface area contributed by atoms with Crippen molar-refractivity contribution in [2.24, 2.45) is 5.41 Å². The fourth-order valence-corrected chi connectivity index (χ4v) is 3.88. The van der Waals surface area contributed by atoms with Crippen molar-refractivity contribution in [2.45, 2.75) is 64.8 Å². The SMILES string of the molecule is CC(C)(C)C1(Oc2cc(C(=O)OCCS(=O)(=O)O)ccc2OC(F)(F)F)CCCCC1. The van der Waals surface area contributed by atoms with Crippen LogP contribution in [-0.2, 0) is 14.9 Å². The third kappa shape index (κ3) is 7.27. The van der Waals surface area contributed by atoms with Gasteiger partial charge in [-0.05, 0) is 43.9 Å². The van der Waals surface area contributed by atoms with Crippen molar-refractivity contribution in [1.82, 2.24) is 0 Å². The van der Waals surface area contributed by atoms with Gasteiger partial charge in [0.05, 0.1) is 5.56 Å². The Morgan fingerprint density at radius 3 is 2.23 bits per heavy atom. The zero-order chi connectivity index (χ0) is 23.5. The van der Waals surface area contributed by atoms with Gasteiger partial charge >= 0.3 is 12.3 Å². The van der Waals surface area contributed by atoms with Crippen LogP contribution in [0.5, 0.6) is 11.5 Å². The lowest BCUT2D eigenvalue weighted by Gasteiger charge is -2.47. The van der Waals surface area contributed by atoms with Crippen LogP contribution >= 0.6 is 0 Å². The molecule has 1 aliphatic carbocycles. The summed E-state index contributed by atoms with van der Waals surface area (Å²) in [4.78, 5) is 12.2. The number of halogens is 3. The molecule has 1 saturated carbocycles. The van der Waals surface area contributed by atoms with E-state index in [1.807, 2.05) is 20.8 Å². The lowest BCUT2D eigenvalue weighted by Crippen LogP contribution is -2.49. The average molecular weight is 468 g/mol. The minimum Gasteiger partial charge on any atom is -0.483 e. The second-order valence-corrected chi connectivity index (χ2v) is 10.1. The van der Waals surface area contributed by atoms with Crippen LogP contribution < -0.4 is 9.47 Å². The van der Waals surface area contributed by atoms with E-state index in [-0.39, 0.29) is 11.3 Å². The number of carbonyl (C=O) groups is 1. The summed E-state index contributed by atoms with van der Waals surface area (Å²) in [6.07, 6.45) is -1.01. The summed E-state index contributed by atoms with van der Waals surface area (Å²) < 4.78 is 84.0. The fourth-order valence-electron chi connectivity index (χ4n) is 3.59. The summed E-state index contributed by atoms with van der Waals surface area (Å²) in [5.41, 5.74) is -1.31. The Kier molecular flexibility index (Phi) is 7.52. The molecule has 11 heteroatoms. The molecule has 0 amide bonds. The molecule has 1 aromatic rings. The van der Waals surface area contributed by atoms with Crippen LogP contribution in [-0.4, -0.2) is 43.3 Å². The second kappa shape index (κ2) is 9.23. The first kappa shape index (κ1) is 25.3. The molecular weight excluding hydrogens is 441 g/mol. The van der Waals surface area contributed by atoms with Gasteiger partial charge in [0.15, 0.2) is 11.5 Å². The van der Waals surface area contributed by atoms with E-state index in [4.69, 9.17) is 14.0 Å². The predicted molar refractivity (Wildman–Crippen MR) is 106 cm³/mol. The highest BCUT2D eigenvalue weighted by Gasteiger charge is 2.46. The largest absolute Gasteiger partial charge is 0.573 e. The Hall–Kier alpha value is -2.01. The van der Waals surface area contributed by atoms with E-state index in [1.165, 1.54) is 0 Å². The van der Waals surface area contributed by atoms with Crippen LogP contribution in [0.1, 0.15) is 63.2 Å². The molecule has 31 heavy (non-hydrogen) atoms. The number of benzene rings is 1. The lowest BCUT2D eigenvalue weighted by molar-refractivity contribution is -0.275. The van der Waals surface area contributed by atoms with Crippen LogP contribution in [0.15, 0.2) is 18.2 Å². The maximum Gasteiger partial charge on any atom is 0.573 e. The highest BCUT2D eigenvalue weighted by molar-refractivity contribution is 7.85. The molecule has 7 nitrogen and oxygen atoms in total. The summed E-state index contributed by atoms with van der Waals surface area (Å²) in [6, 6.07) is 3.12. The Labute approximate surface area is 179 Å². The molecular formula is C20H27F3O7S. The van der Waals surface area contributed by atoms with Gasteiger partial charge in [-0.25, -0.2) is 4.79 Å². The number of esters is 1. The molecule has 1 aliphatic rings. The third-order valence-electron chi connectivity index (χ3n) is 5.31. The van der Waals surface area contributed by atoms with Gasteiger partial charge in [0.25, 0.3) is 10.1 Å². The molecule has 1 fully saturated rings. The van der Waals surface area contributed by atoms with Crippen LogP contribution in [0.2, 0.25) is 0 Å². The Bertz CT molecular complexity index is 883. The maximum absolute atomic E-state index is 12.9. The highest BCUT2D eigenvalue weighted by atomic mass is 32.2. The van der Waals surface area contributed by atoms with Gasteiger partial charge in [0.2, 0.25) is 0 Å². The highest BCUT2D eigenvalue weighted by Crippen LogP contribution is 2.47. The molecule has 1 aromatic carbocycles. The molecule has 0 spiro atoms. The van der Waals surface area contributed by atoms with Crippen LogP contribution in [0, 0.1) is 5.41 Å². The lowest BCUT2D eigenvalue weighted by atomic mass is 9.68. The summed E-state index contributed by atoms with van der Waals surface area (Å²) in [7, 11) is -4.33. The monoisotopic (exact) mass is 468 g/mol. The molecule has 0 bridgehead atoms. The quantitative estimate of drug-likeness (QED) is 0.455. The molecule has 0 radical (unpaired) electrons. The van der Waals surface area contributed by atoms with E-state index < -0.39 is 51.6 Å². The first-order valence-electron chi connectivity index (χ1n) is 9.83. The molecule has 0 aromatic heterocycles. The summed E-state index contributed by atoms with van der Waals surface area (Å²) >= 11 is 0. The van der Waals surface area contributed by atoms with Crippen molar-refractivity contribution >= 4 is 16.1 Å². The summed E-state index contributed by atoms with van der Waals surface area (Å²) in [6.45, 7) is 5.21. The normalized spacial score (nSPS) is 17.1. The first-order chi connectivity index (χ1) is 14.1. The molecule has 2 rings (SSSR count). The zero-order valence-corrected chi connectivity index (χ0v) is 18.4. The Morgan fingerprint density at radius 2 is 1.71 bits per heavy atom. The molecule has 0 unspecified atom stereocenters. The Balaban J connectivity index is 2.37. The van der Waals surface area contributed by atoms with E-state index >= 15 is 0 Å². The van der Waals surface area contributed by atoms with E-state index in [0.29, 0.717) is 12.8 Å². The number of carbonyl (C=O) groups excluding carboxylic acids is 1. The van der Waals surface area contributed by atoms with Crippen LogP contribution in [0.4, 0.5) is 13.2 Å². The third-order valence-corrected chi connectivity index (χ3v) is 6.00. The second-order valence-electron chi connectivity index (χ2n) is 8.54. The van der Waals surface area contributed by atoms with Gasteiger partial charge in [-0.1, -0.05) is 27.2 Å². The standard InChI is InChI=1S/C20H27F3O7S/c1-18(2,3)19(9-5-4-6-10-19)29-16-13-14(7-8-15(16)30-20(21,22)23)17(24)28-11-12-31(25,26)27/h7-8,13H,4-6,9-12H2,1-3H3,(H,25,26,27). The van der Waals surface area contributed by atoms with Crippen LogP contribution in [0.3, 0.4) is 0 Å². The van der Waals surface area contributed by atoms with Gasteiger partial charge in [-0.3, -0.25) is 4.55 Å². The maximum atomic E-state index is 12.9. The van der Waals surface area contributed by atoms with Gasteiger partial charge < -0.3 is 14.2 Å². The van der Waals surface area contributed by atoms with Crippen molar-refractivity contribution in [1.29, 1.82) is 0 Å².